The van der Waals surface area contributed by atoms with Gasteiger partial charge in [-0.15, -0.1) is 11.8 Å². The number of rotatable bonds is 7. The lowest BCUT2D eigenvalue weighted by molar-refractivity contribution is 0.0841. The van der Waals surface area contributed by atoms with E-state index < -0.39 is 0 Å². The summed E-state index contributed by atoms with van der Waals surface area (Å²) in [6.45, 7) is 7.09. The smallest absolute Gasteiger partial charge is 0.147 e. The summed E-state index contributed by atoms with van der Waals surface area (Å²) in [5.74, 6) is 2.18. The lowest BCUT2D eigenvalue weighted by atomic mass is 10.0. The van der Waals surface area contributed by atoms with Gasteiger partial charge in [-0.1, -0.05) is 6.92 Å². The summed E-state index contributed by atoms with van der Waals surface area (Å²) in [5.41, 5.74) is 4.48. The van der Waals surface area contributed by atoms with Crippen LogP contribution in [0.5, 0.6) is 0 Å². The molecule has 1 aliphatic heterocycles. The van der Waals surface area contributed by atoms with Crippen LogP contribution >= 0.6 is 11.8 Å². The predicted octanol–water partition coefficient (Wildman–Crippen LogP) is 4.89. The van der Waals surface area contributed by atoms with Gasteiger partial charge in [0, 0.05) is 63.4 Å². The molecule has 7 heteroatoms. The van der Waals surface area contributed by atoms with Crippen molar-refractivity contribution in [3.63, 3.8) is 0 Å². The molecule has 0 aliphatic carbocycles. The van der Waals surface area contributed by atoms with E-state index >= 15 is 0 Å². The highest BCUT2D eigenvalue weighted by atomic mass is 32.2. The van der Waals surface area contributed by atoms with Gasteiger partial charge in [0.25, 0.3) is 0 Å². The monoisotopic (exact) mass is 439 g/mol. The van der Waals surface area contributed by atoms with Crippen molar-refractivity contribution in [1.29, 1.82) is 0 Å². The number of ether oxygens (including phenoxy) is 1. The molecule has 0 amide bonds. The molecule has 6 nitrogen and oxygen atoms in total. The van der Waals surface area contributed by atoms with Crippen LogP contribution in [0.4, 0.5) is 11.6 Å². The number of aryl methyl sites for hydroxylation is 1. The fourth-order valence-corrected chi connectivity index (χ4v) is 5.12. The molecule has 31 heavy (non-hydrogen) atoms. The van der Waals surface area contributed by atoms with E-state index in [1.165, 1.54) is 11.4 Å². The van der Waals surface area contributed by atoms with Gasteiger partial charge in [-0.3, -0.25) is 4.40 Å². The Morgan fingerprint density at radius 2 is 2.00 bits per heavy atom. The third kappa shape index (κ3) is 4.13. The second kappa shape index (κ2) is 9.49. The predicted molar refractivity (Wildman–Crippen MR) is 131 cm³/mol. The molecule has 0 saturated carbocycles. The van der Waals surface area contributed by atoms with Crippen LogP contribution in [0.2, 0.25) is 0 Å². The topological polar surface area (TPSA) is 45.9 Å². The largest absolute Gasteiger partial charge is 0.381 e. The Hall–Kier alpha value is -2.25. The van der Waals surface area contributed by atoms with E-state index in [4.69, 9.17) is 9.72 Å². The van der Waals surface area contributed by atoms with E-state index in [1.807, 2.05) is 20.3 Å². The summed E-state index contributed by atoms with van der Waals surface area (Å²) in [6, 6.07) is 6.88. The molecule has 4 rings (SSSR count). The van der Waals surface area contributed by atoms with Crippen molar-refractivity contribution < 1.29 is 4.74 Å². The second-order valence-corrected chi connectivity index (χ2v) is 9.11. The zero-order valence-corrected chi connectivity index (χ0v) is 20.1. The fraction of sp³-hybridized carbons (Fsp3) is 0.500. The molecule has 0 atom stereocenters. The molecule has 0 aromatic carbocycles. The Morgan fingerprint density at radius 1 is 1.23 bits per heavy atom. The molecule has 3 aromatic rings. The van der Waals surface area contributed by atoms with Crippen LogP contribution in [-0.4, -0.2) is 60.5 Å². The van der Waals surface area contributed by atoms with E-state index in [2.05, 4.69) is 63.7 Å². The van der Waals surface area contributed by atoms with Crippen LogP contribution in [0.25, 0.3) is 16.8 Å². The number of hydrogen-bond donors (Lipinski definition) is 0. The average molecular weight is 440 g/mol. The summed E-state index contributed by atoms with van der Waals surface area (Å²) >= 11 is 1.73. The quantitative estimate of drug-likeness (QED) is 0.489. The maximum atomic E-state index is 5.65. The van der Waals surface area contributed by atoms with Gasteiger partial charge in [0.05, 0.1) is 0 Å². The maximum Gasteiger partial charge on any atom is 0.147 e. The second-order valence-electron chi connectivity index (χ2n) is 8.32. The molecule has 3 aromatic heterocycles. The Morgan fingerprint density at radius 3 is 2.68 bits per heavy atom. The molecule has 0 bridgehead atoms. The third-order valence-corrected chi connectivity index (χ3v) is 6.65. The number of thioether (sulfide) groups is 1. The maximum absolute atomic E-state index is 5.65. The first kappa shape index (κ1) is 22.0. The number of anilines is 2. The molecule has 4 heterocycles. The summed E-state index contributed by atoms with van der Waals surface area (Å²) in [4.78, 5) is 14.5. The summed E-state index contributed by atoms with van der Waals surface area (Å²) in [7, 11) is 4.09. The number of hydrogen-bond acceptors (Lipinski definition) is 6. The first-order valence-corrected chi connectivity index (χ1v) is 12.3. The minimum Gasteiger partial charge on any atom is -0.381 e. The van der Waals surface area contributed by atoms with Crippen molar-refractivity contribution in [3.8, 4) is 11.1 Å². The summed E-state index contributed by atoms with van der Waals surface area (Å²) < 4.78 is 7.94. The number of nitrogens with zero attached hydrogens (tertiary/aromatic N) is 5. The van der Waals surface area contributed by atoms with Crippen molar-refractivity contribution in [2.75, 3.05) is 49.9 Å². The zero-order chi connectivity index (χ0) is 22.0. The minimum atomic E-state index is 0.487. The van der Waals surface area contributed by atoms with Gasteiger partial charge < -0.3 is 14.5 Å². The molecule has 0 N–H and O–H groups in total. The molecular formula is C24H33N5OS. The molecule has 1 aliphatic rings. The molecule has 0 spiro atoms. The normalized spacial score (nSPS) is 14.9. The van der Waals surface area contributed by atoms with E-state index in [0.717, 1.165) is 66.6 Å². The van der Waals surface area contributed by atoms with Gasteiger partial charge >= 0.3 is 0 Å². The highest BCUT2D eigenvalue weighted by Crippen LogP contribution is 2.39. The molecular weight excluding hydrogens is 406 g/mol. The highest BCUT2D eigenvalue weighted by Gasteiger charge is 2.28. The van der Waals surface area contributed by atoms with Crippen molar-refractivity contribution in [1.82, 2.24) is 14.4 Å². The average Bonchev–Trinajstić information content (AvgIpc) is 3.16. The molecule has 166 valence electrons. The first-order chi connectivity index (χ1) is 15.1. The van der Waals surface area contributed by atoms with Gasteiger partial charge in [-0.2, -0.15) is 0 Å². The van der Waals surface area contributed by atoms with Gasteiger partial charge in [0.1, 0.15) is 22.3 Å². The standard InChI is InChI=1S/C24H33N5OS/c1-6-13-28(18-10-15-30-16-11-18)24-23(31-5)26-21-19(8-7-14-29(21)24)20-17(2)9-12-25-22(20)27(3)4/h7-9,12,14,18H,6,10-11,13,15-16H2,1-5H3. The van der Waals surface area contributed by atoms with Gasteiger partial charge in [-0.25, -0.2) is 9.97 Å². The van der Waals surface area contributed by atoms with Crippen molar-refractivity contribution >= 4 is 29.0 Å². The Labute approximate surface area is 189 Å². The Bertz CT molecular complexity index is 1040. The Kier molecular flexibility index (Phi) is 6.72. The van der Waals surface area contributed by atoms with Gasteiger partial charge in [0.2, 0.25) is 0 Å². The van der Waals surface area contributed by atoms with E-state index in [-0.39, 0.29) is 0 Å². The zero-order valence-electron chi connectivity index (χ0n) is 19.3. The minimum absolute atomic E-state index is 0.487. The van der Waals surface area contributed by atoms with E-state index in [9.17, 15) is 0 Å². The lowest BCUT2D eigenvalue weighted by Gasteiger charge is -2.35. The van der Waals surface area contributed by atoms with E-state index in [1.54, 1.807) is 11.8 Å². The van der Waals surface area contributed by atoms with Gasteiger partial charge in [-0.05, 0) is 56.2 Å². The van der Waals surface area contributed by atoms with Gasteiger partial charge in [0.15, 0.2) is 0 Å². The van der Waals surface area contributed by atoms with Crippen molar-refractivity contribution in [3.05, 3.63) is 36.2 Å². The lowest BCUT2D eigenvalue weighted by Crippen LogP contribution is -2.41. The first-order valence-electron chi connectivity index (χ1n) is 11.1. The fourth-order valence-electron chi connectivity index (χ4n) is 4.54. The summed E-state index contributed by atoms with van der Waals surface area (Å²) in [6.07, 6.45) is 9.39. The van der Waals surface area contributed by atoms with Crippen LogP contribution in [-0.2, 0) is 4.74 Å². The molecule has 1 saturated heterocycles. The third-order valence-electron chi connectivity index (χ3n) is 5.99. The SMILES string of the molecule is CCCN(c1c(SC)nc2c(-c3c(C)ccnc3N(C)C)cccn12)C1CCOCC1. The van der Waals surface area contributed by atoms with Crippen LogP contribution in [0.1, 0.15) is 31.7 Å². The highest BCUT2D eigenvalue weighted by molar-refractivity contribution is 7.98. The molecule has 0 radical (unpaired) electrons. The number of pyridine rings is 2. The summed E-state index contributed by atoms with van der Waals surface area (Å²) in [5, 5.41) is 1.08. The van der Waals surface area contributed by atoms with Crippen molar-refractivity contribution in [2.45, 2.75) is 44.2 Å². The Balaban J connectivity index is 1.93. The van der Waals surface area contributed by atoms with E-state index in [0.29, 0.717) is 6.04 Å². The molecule has 1 fully saturated rings. The van der Waals surface area contributed by atoms with Crippen LogP contribution < -0.4 is 9.80 Å². The molecule has 0 unspecified atom stereocenters. The number of aromatic nitrogens is 3. The van der Waals surface area contributed by atoms with Crippen LogP contribution in [0.15, 0.2) is 35.6 Å². The number of fused-ring (bicyclic) bond motifs is 1. The van der Waals surface area contributed by atoms with Crippen molar-refractivity contribution in [2.24, 2.45) is 0 Å². The number of imidazole rings is 1. The van der Waals surface area contributed by atoms with Crippen LogP contribution in [0, 0.1) is 6.92 Å². The van der Waals surface area contributed by atoms with Crippen LogP contribution in [0.3, 0.4) is 0 Å².